The van der Waals surface area contributed by atoms with Crippen molar-refractivity contribution in [3.05, 3.63) is 42.5 Å². The molecule has 2 aliphatic rings. The van der Waals surface area contributed by atoms with Crippen molar-refractivity contribution < 1.29 is 9.21 Å². The zero-order valence-corrected chi connectivity index (χ0v) is 15.4. The van der Waals surface area contributed by atoms with Crippen LogP contribution in [-0.2, 0) is 0 Å². The number of furan rings is 1. The molecule has 0 saturated carbocycles. The fraction of sp³-hybridized carbons (Fsp3) is 0.409. The highest BCUT2D eigenvalue weighted by atomic mass is 16.3. The van der Waals surface area contributed by atoms with Crippen LogP contribution < -0.4 is 10.6 Å². The molecule has 0 bridgehead atoms. The third-order valence-electron chi connectivity index (χ3n) is 6.22. The molecule has 2 amide bonds. The van der Waals surface area contributed by atoms with Gasteiger partial charge in [0, 0.05) is 35.6 Å². The molecule has 5 nitrogen and oxygen atoms in total. The van der Waals surface area contributed by atoms with E-state index in [1.807, 2.05) is 41.3 Å². The van der Waals surface area contributed by atoms with Gasteiger partial charge in [-0.1, -0.05) is 18.2 Å². The van der Waals surface area contributed by atoms with Gasteiger partial charge in [0.25, 0.3) is 0 Å². The van der Waals surface area contributed by atoms with Crippen LogP contribution in [0.4, 0.5) is 10.5 Å². The van der Waals surface area contributed by atoms with Crippen LogP contribution in [0.15, 0.2) is 46.9 Å². The molecule has 3 aromatic rings. The highest BCUT2D eigenvalue weighted by Gasteiger charge is 2.30. The maximum absolute atomic E-state index is 12.7. The third-order valence-corrected chi connectivity index (χ3v) is 6.22. The van der Waals surface area contributed by atoms with Crippen LogP contribution in [0.1, 0.15) is 19.3 Å². The molecule has 3 heterocycles. The molecule has 1 unspecified atom stereocenters. The van der Waals surface area contributed by atoms with Gasteiger partial charge >= 0.3 is 6.03 Å². The zero-order valence-electron chi connectivity index (χ0n) is 15.4. The molecule has 2 aliphatic heterocycles. The second-order valence-corrected chi connectivity index (χ2v) is 7.82. The number of amides is 2. The highest BCUT2D eigenvalue weighted by molar-refractivity contribution is 6.06. The molecule has 0 spiro atoms. The van der Waals surface area contributed by atoms with Crippen LogP contribution in [0.3, 0.4) is 0 Å². The molecule has 0 radical (unpaired) electrons. The molecule has 2 saturated heterocycles. The Hall–Kier alpha value is -2.53. The minimum Gasteiger partial charge on any atom is -0.456 e. The number of carbonyl (C=O) groups excluding carboxylic acids is 1. The molecule has 140 valence electrons. The summed E-state index contributed by atoms with van der Waals surface area (Å²) in [5.41, 5.74) is 2.47. The number of carbonyl (C=O) groups is 1. The fourth-order valence-corrected chi connectivity index (χ4v) is 4.66. The third kappa shape index (κ3) is 3.16. The summed E-state index contributed by atoms with van der Waals surface area (Å²) in [5, 5.41) is 8.69. The van der Waals surface area contributed by atoms with Gasteiger partial charge < -0.3 is 20.0 Å². The van der Waals surface area contributed by atoms with Gasteiger partial charge in [0.05, 0.1) is 0 Å². The smallest absolute Gasteiger partial charge is 0.321 e. The first-order valence-corrected chi connectivity index (χ1v) is 9.96. The van der Waals surface area contributed by atoms with Gasteiger partial charge in [-0.3, -0.25) is 0 Å². The first kappa shape index (κ1) is 16.6. The molecule has 1 aromatic heterocycles. The Kier molecular flexibility index (Phi) is 4.24. The van der Waals surface area contributed by atoms with Crippen LogP contribution in [0, 0.1) is 11.8 Å². The topological polar surface area (TPSA) is 57.5 Å². The fourth-order valence-electron chi connectivity index (χ4n) is 4.66. The summed E-state index contributed by atoms with van der Waals surface area (Å²) in [6.07, 6.45) is 3.51. The van der Waals surface area contributed by atoms with E-state index in [-0.39, 0.29) is 6.03 Å². The lowest BCUT2D eigenvalue weighted by Gasteiger charge is -2.34. The molecule has 5 heteroatoms. The van der Waals surface area contributed by atoms with E-state index in [0.717, 1.165) is 78.5 Å². The standard InChI is InChI=1S/C22H25N3O2/c26-22(25-11-8-15(9-12-25)16-7-10-23-14-16)24-17-5-6-19-18-3-1-2-4-20(18)27-21(19)13-17/h1-6,13,15-16,23H,7-12,14H2,(H,24,26). The van der Waals surface area contributed by atoms with E-state index >= 15 is 0 Å². The van der Waals surface area contributed by atoms with Gasteiger partial charge in [-0.05, 0) is 62.4 Å². The van der Waals surface area contributed by atoms with E-state index < -0.39 is 0 Å². The average Bonchev–Trinajstić information content (AvgIpc) is 3.35. The van der Waals surface area contributed by atoms with Gasteiger partial charge in [0.2, 0.25) is 0 Å². The SMILES string of the molecule is O=C(Nc1ccc2c(c1)oc1ccccc12)N1CCC(C2CCNC2)CC1. The summed E-state index contributed by atoms with van der Waals surface area (Å²) in [6.45, 7) is 3.99. The molecule has 0 aliphatic carbocycles. The second-order valence-electron chi connectivity index (χ2n) is 7.82. The first-order valence-electron chi connectivity index (χ1n) is 9.96. The monoisotopic (exact) mass is 363 g/mol. The van der Waals surface area contributed by atoms with Crippen molar-refractivity contribution in [3.63, 3.8) is 0 Å². The Labute approximate surface area is 158 Å². The summed E-state index contributed by atoms with van der Waals surface area (Å²) in [5.74, 6) is 1.56. The molecule has 2 fully saturated rings. The lowest BCUT2D eigenvalue weighted by atomic mass is 9.84. The minimum atomic E-state index is -0.00606. The highest BCUT2D eigenvalue weighted by Crippen LogP contribution is 2.31. The van der Waals surface area contributed by atoms with E-state index in [9.17, 15) is 4.79 Å². The number of rotatable bonds is 2. The Morgan fingerprint density at radius 2 is 1.81 bits per heavy atom. The van der Waals surface area contributed by atoms with Crippen LogP contribution in [0.2, 0.25) is 0 Å². The molecule has 5 rings (SSSR count). The van der Waals surface area contributed by atoms with Crippen LogP contribution in [0.5, 0.6) is 0 Å². The number of benzene rings is 2. The van der Waals surface area contributed by atoms with Crippen molar-refractivity contribution in [2.75, 3.05) is 31.5 Å². The number of likely N-dealkylation sites (tertiary alicyclic amines) is 1. The van der Waals surface area contributed by atoms with Crippen LogP contribution in [-0.4, -0.2) is 37.1 Å². The van der Waals surface area contributed by atoms with Crippen molar-refractivity contribution in [1.82, 2.24) is 10.2 Å². The van der Waals surface area contributed by atoms with Crippen molar-refractivity contribution in [2.24, 2.45) is 11.8 Å². The van der Waals surface area contributed by atoms with Gasteiger partial charge in [-0.2, -0.15) is 0 Å². The summed E-state index contributed by atoms with van der Waals surface area (Å²) in [6, 6.07) is 13.9. The summed E-state index contributed by atoms with van der Waals surface area (Å²) in [4.78, 5) is 14.6. The van der Waals surface area contributed by atoms with E-state index in [2.05, 4.69) is 16.7 Å². The number of para-hydroxylation sites is 1. The van der Waals surface area contributed by atoms with E-state index in [1.165, 1.54) is 6.42 Å². The normalized spacial score (nSPS) is 21.2. The number of hydrogen-bond donors (Lipinski definition) is 2. The van der Waals surface area contributed by atoms with Gasteiger partial charge in [-0.25, -0.2) is 4.79 Å². The molecule has 27 heavy (non-hydrogen) atoms. The Morgan fingerprint density at radius 1 is 1.00 bits per heavy atom. The number of fused-ring (bicyclic) bond motifs is 3. The molecular formula is C22H25N3O2. The minimum absolute atomic E-state index is 0.00606. The lowest BCUT2D eigenvalue weighted by molar-refractivity contribution is 0.163. The second kappa shape index (κ2) is 6.89. The van der Waals surface area contributed by atoms with Crippen molar-refractivity contribution in [2.45, 2.75) is 19.3 Å². The van der Waals surface area contributed by atoms with E-state index in [1.54, 1.807) is 0 Å². The van der Waals surface area contributed by atoms with E-state index in [4.69, 9.17) is 4.42 Å². The lowest BCUT2D eigenvalue weighted by Crippen LogP contribution is -2.42. The van der Waals surface area contributed by atoms with Crippen molar-refractivity contribution >= 4 is 33.7 Å². The maximum Gasteiger partial charge on any atom is 0.321 e. The average molecular weight is 363 g/mol. The number of piperidine rings is 1. The predicted molar refractivity (Wildman–Crippen MR) is 108 cm³/mol. The quantitative estimate of drug-likeness (QED) is 0.708. The molecule has 2 aromatic carbocycles. The number of anilines is 1. The summed E-state index contributed by atoms with van der Waals surface area (Å²) in [7, 11) is 0. The first-order chi connectivity index (χ1) is 13.3. The summed E-state index contributed by atoms with van der Waals surface area (Å²) >= 11 is 0. The van der Waals surface area contributed by atoms with Crippen LogP contribution in [0.25, 0.3) is 21.9 Å². The zero-order chi connectivity index (χ0) is 18.2. The van der Waals surface area contributed by atoms with Crippen LogP contribution >= 0.6 is 0 Å². The number of hydrogen-bond acceptors (Lipinski definition) is 3. The Bertz CT molecular complexity index is 966. The van der Waals surface area contributed by atoms with Gasteiger partial charge in [0.1, 0.15) is 11.2 Å². The summed E-state index contributed by atoms with van der Waals surface area (Å²) < 4.78 is 5.92. The Morgan fingerprint density at radius 3 is 2.63 bits per heavy atom. The molecular weight excluding hydrogens is 338 g/mol. The van der Waals surface area contributed by atoms with Crippen molar-refractivity contribution in [3.8, 4) is 0 Å². The number of urea groups is 1. The van der Waals surface area contributed by atoms with Crippen molar-refractivity contribution in [1.29, 1.82) is 0 Å². The van der Waals surface area contributed by atoms with Gasteiger partial charge in [0.15, 0.2) is 0 Å². The largest absolute Gasteiger partial charge is 0.456 e. The molecule has 1 atom stereocenters. The number of nitrogens with zero attached hydrogens (tertiary/aromatic N) is 1. The number of nitrogens with one attached hydrogen (secondary N) is 2. The predicted octanol–water partition coefficient (Wildman–Crippen LogP) is 4.44. The Balaban J connectivity index is 1.26. The molecule has 2 N–H and O–H groups in total. The maximum atomic E-state index is 12.7. The van der Waals surface area contributed by atoms with E-state index in [0.29, 0.717) is 0 Å². The van der Waals surface area contributed by atoms with Gasteiger partial charge in [-0.15, -0.1) is 0 Å².